The second-order valence-electron chi connectivity index (χ2n) is 7.75. The summed E-state index contributed by atoms with van der Waals surface area (Å²) in [6.07, 6.45) is 10.4. The van der Waals surface area contributed by atoms with E-state index in [1.165, 1.54) is 34.7 Å². The molecule has 0 heterocycles. The molecule has 180 valence electrons. The Hall–Kier alpha value is -3.20. The van der Waals surface area contributed by atoms with Crippen LogP contribution in [-0.4, -0.2) is 10.9 Å². The van der Waals surface area contributed by atoms with Crippen molar-refractivity contribution in [1.82, 2.24) is 0 Å². The lowest BCUT2D eigenvalue weighted by Crippen LogP contribution is -1.76. The summed E-state index contributed by atoms with van der Waals surface area (Å²) < 4.78 is 0. The van der Waals surface area contributed by atoms with E-state index in [-0.39, 0.29) is 0 Å². The number of thiol groups is 1. The molecule has 0 unspecified atom stereocenters. The van der Waals surface area contributed by atoms with Gasteiger partial charge in [0.1, 0.15) is 5.75 Å². The smallest absolute Gasteiger partial charge is 0.115 e. The van der Waals surface area contributed by atoms with Gasteiger partial charge in [-0.25, -0.2) is 0 Å². The number of benzene rings is 4. The minimum atomic E-state index is 0.292. The topological polar surface area (TPSA) is 20.2 Å². The summed E-state index contributed by atoms with van der Waals surface area (Å²) in [6, 6.07) is 27.3. The maximum absolute atomic E-state index is 8.82. The first-order valence-electron chi connectivity index (χ1n) is 11.6. The molecular weight excluding hydrogens is 468 g/mol. The average molecular weight is 501 g/mol. The fourth-order valence-electron chi connectivity index (χ4n) is 3.22. The van der Waals surface area contributed by atoms with Crippen LogP contribution in [0.5, 0.6) is 5.75 Å². The highest BCUT2D eigenvalue weighted by atomic mass is 35.5. The number of phenols is 1. The third-order valence-electron chi connectivity index (χ3n) is 5.16. The maximum Gasteiger partial charge on any atom is 0.115 e. The molecule has 1 nitrogen and oxygen atoms in total. The van der Waals surface area contributed by atoms with Gasteiger partial charge >= 0.3 is 0 Å². The molecule has 0 saturated carbocycles. The van der Waals surface area contributed by atoms with Crippen molar-refractivity contribution in [2.45, 2.75) is 19.8 Å². The SMILES string of the molecule is C1=Cc2cccc3cccc1c23.C=Cc1ccc(Cl)cc1.C=Cc1ccc(O)cc1.CCCCS. The minimum Gasteiger partial charge on any atom is -0.508 e. The molecule has 0 bridgehead atoms. The van der Waals surface area contributed by atoms with Crippen molar-refractivity contribution in [2.24, 2.45) is 0 Å². The summed E-state index contributed by atoms with van der Waals surface area (Å²) in [4.78, 5) is 0. The Morgan fingerprint density at radius 1 is 0.771 bits per heavy atom. The van der Waals surface area contributed by atoms with E-state index in [0.29, 0.717) is 5.75 Å². The van der Waals surface area contributed by atoms with Crippen LogP contribution in [0.3, 0.4) is 0 Å². The van der Waals surface area contributed by atoms with Crippen LogP contribution in [0.15, 0.2) is 98.1 Å². The fourth-order valence-corrected chi connectivity index (χ4v) is 3.67. The van der Waals surface area contributed by atoms with E-state index in [4.69, 9.17) is 16.7 Å². The van der Waals surface area contributed by atoms with Gasteiger partial charge in [-0.05, 0) is 69.5 Å². The Labute approximate surface area is 220 Å². The van der Waals surface area contributed by atoms with Crippen LogP contribution in [0.4, 0.5) is 0 Å². The quantitative estimate of drug-likeness (QED) is 0.235. The molecule has 3 heteroatoms. The van der Waals surface area contributed by atoms with E-state index in [0.717, 1.165) is 21.9 Å². The first-order chi connectivity index (χ1) is 17.0. The highest BCUT2D eigenvalue weighted by Gasteiger charge is 2.06. The summed E-state index contributed by atoms with van der Waals surface area (Å²) in [5.74, 6) is 1.33. The molecule has 0 atom stereocenters. The summed E-state index contributed by atoms with van der Waals surface area (Å²) >= 11 is 9.64. The molecule has 0 amide bonds. The van der Waals surface area contributed by atoms with Crippen LogP contribution in [0.1, 0.15) is 42.0 Å². The van der Waals surface area contributed by atoms with Gasteiger partial charge < -0.3 is 5.11 Å². The summed E-state index contributed by atoms with van der Waals surface area (Å²) in [5.41, 5.74) is 4.82. The van der Waals surface area contributed by atoms with Gasteiger partial charge in [0.2, 0.25) is 0 Å². The standard InChI is InChI=1S/C12H8.C8H7Cl.C8H8O.C4H10S/c1-3-9-4-2-6-11-8-7-10(5-1)12(9)11;2*1-2-7-3-5-8(9)6-4-7;1-2-3-4-5/h1-8H;2-6H,1H2;2-6,9H,1H2;5H,2-4H2,1H3. The minimum absolute atomic E-state index is 0.292. The molecular formula is C32H33ClOS. The zero-order valence-corrected chi connectivity index (χ0v) is 21.9. The van der Waals surface area contributed by atoms with Crippen molar-refractivity contribution < 1.29 is 5.11 Å². The average Bonchev–Trinajstić information content (AvgIpc) is 3.32. The van der Waals surface area contributed by atoms with Crippen LogP contribution in [-0.2, 0) is 0 Å². The second kappa shape index (κ2) is 15.7. The van der Waals surface area contributed by atoms with Crippen molar-refractivity contribution in [1.29, 1.82) is 0 Å². The first-order valence-corrected chi connectivity index (χ1v) is 12.6. The zero-order chi connectivity index (χ0) is 25.5. The number of unbranched alkanes of at least 4 members (excludes halogenated alkanes) is 1. The van der Waals surface area contributed by atoms with Crippen LogP contribution >= 0.6 is 24.2 Å². The first kappa shape index (κ1) is 28.0. The highest BCUT2D eigenvalue weighted by Crippen LogP contribution is 2.30. The second-order valence-corrected chi connectivity index (χ2v) is 8.64. The van der Waals surface area contributed by atoms with Gasteiger partial charge in [-0.2, -0.15) is 12.6 Å². The van der Waals surface area contributed by atoms with Crippen LogP contribution in [0.25, 0.3) is 35.1 Å². The lowest BCUT2D eigenvalue weighted by atomic mass is 10.0. The van der Waals surface area contributed by atoms with Gasteiger partial charge in [0, 0.05) is 5.02 Å². The van der Waals surface area contributed by atoms with Gasteiger partial charge in [0.05, 0.1) is 0 Å². The third kappa shape index (κ3) is 9.52. The Balaban J connectivity index is 0.000000172. The van der Waals surface area contributed by atoms with Gasteiger partial charge in [-0.3, -0.25) is 0 Å². The normalized spacial score (nSPS) is 10.1. The molecule has 0 spiro atoms. The summed E-state index contributed by atoms with van der Waals surface area (Å²) in [7, 11) is 0. The van der Waals surface area contributed by atoms with Gasteiger partial charge in [-0.1, -0.05) is 123 Å². The lowest BCUT2D eigenvalue weighted by Gasteiger charge is -1.99. The van der Waals surface area contributed by atoms with Crippen molar-refractivity contribution >= 4 is 59.3 Å². The van der Waals surface area contributed by atoms with E-state index in [1.807, 2.05) is 36.4 Å². The van der Waals surface area contributed by atoms with Crippen molar-refractivity contribution in [3.63, 3.8) is 0 Å². The fraction of sp³-hybridized carbons (Fsp3) is 0.125. The summed E-state index contributed by atoms with van der Waals surface area (Å²) in [6.45, 7) is 9.36. The molecule has 0 radical (unpaired) electrons. The van der Waals surface area contributed by atoms with E-state index in [9.17, 15) is 0 Å². The number of phenolic OH excluding ortho intramolecular Hbond substituents is 1. The van der Waals surface area contributed by atoms with Gasteiger partial charge in [0.15, 0.2) is 0 Å². The summed E-state index contributed by atoms with van der Waals surface area (Å²) in [5, 5.41) is 12.3. The van der Waals surface area contributed by atoms with Crippen molar-refractivity contribution in [3.05, 3.63) is 125 Å². The van der Waals surface area contributed by atoms with E-state index in [1.54, 1.807) is 24.3 Å². The lowest BCUT2D eigenvalue weighted by molar-refractivity contribution is 0.475. The van der Waals surface area contributed by atoms with Crippen molar-refractivity contribution in [2.75, 3.05) is 5.75 Å². The molecule has 4 aromatic rings. The zero-order valence-electron chi connectivity index (χ0n) is 20.2. The molecule has 4 aromatic carbocycles. The third-order valence-corrected chi connectivity index (χ3v) is 5.73. The van der Waals surface area contributed by atoms with Crippen LogP contribution < -0.4 is 0 Å². The monoisotopic (exact) mass is 500 g/mol. The molecule has 1 N–H and O–H groups in total. The van der Waals surface area contributed by atoms with Crippen LogP contribution in [0, 0.1) is 0 Å². The molecule has 35 heavy (non-hydrogen) atoms. The maximum atomic E-state index is 8.82. The molecule has 0 aromatic heterocycles. The number of halogens is 1. The number of aromatic hydroxyl groups is 1. The molecule has 1 aliphatic rings. The Kier molecular flexibility index (Phi) is 12.5. The Morgan fingerprint density at radius 2 is 1.26 bits per heavy atom. The number of rotatable bonds is 4. The van der Waals surface area contributed by atoms with Crippen molar-refractivity contribution in [3.8, 4) is 5.75 Å². The molecule has 0 saturated heterocycles. The van der Waals surface area contributed by atoms with Crippen LogP contribution in [0.2, 0.25) is 5.02 Å². The largest absolute Gasteiger partial charge is 0.508 e. The predicted octanol–water partition coefficient (Wildman–Crippen LogP) is 10.1. The molecule has 0 aliphatic heterocycles. The van der Waals surface area contributed by atoms with Gasteiger partial charge in [0.25, 0.3) is 0 Å². The molecule has 1 aliphatic carbocycles. The predicted molar refractivity (Wildman–Crippen MR) is 161 cm³/mol. The molecule has 0 fully saturated rings. The van der Waals surface area contributed by atoms with E-state index < -0.39 is 0 Å². The van der Waals surface area contributed by atoms with E-state index in [2.05, 4.69) is 81.3 Å². The number of hydrogen-bond acceptors (Lipinski definition) is 2. The molecule has 5 rings (SSSR count). The number of hydrogen-bond donors (Lipinski definition) is 2. The Morgan fingerprint density at radius 3 is 1.66 bits per heavy atom. The van der Waals surface area contributed by atoms with Gasteiger partial charge in [-0.15, -0.1) is 0 Å². The Bertz CT molecular complexity index is 1130. The van der Waals surface area contributed by atoms with E-state index >= 15 is 0 Å². The highest BCUT2D eigenvalue weighted by molar-refractivity contribution is 7.80.